The second-order valence-corrected chi connectivity index (χ2v) is 6.61. The van der Waals surface area contributed by atoms with Gasteiger partial charge in [-0.15, -0.1) is 11.8 Å². The number of nitrogens with zero attached hydrogens (tertiary/aromatic N) is 1. The molecule has 1 saturated heterocycles. The van der Waals surface area contributed by atoms with Crippen LogP contribution in [0.1, 0.15) is 37.6 Å². The quantitative estimate of drug-likeness (QED) is 0.767. The molecule has 0 saturated carbocycles. The van der Waals surface area contributed by atoms with Crippen molar-refractivity contribution in [3.8, 4) is 0 Å². The smallest absolute Gasteiger partial charge is 0.329 e. The molecule has 0 aromatic heterocycles. The second-order valence-electron chi connectivity index (χ2n) is 5.06. The van der Waals surface area contributed by atoms with Crippen LogP contribution in [0.4, 0.5) is 0 Å². The van der Waals surface area contributed by atoms with Gasteiger partial charge in [-0.2, -0.15) is 0 Å². The number of thioether (sulfide) groups is 1. The van der Waals surface area contributed by atoms with Gasteiger partial charge in [-0.25, -0.2) is 4.79 Å². The fourth-order valence-corrected chi connectivity index (χ4v) is 4.12. The number of benzene rings is 1. The maximum atomic E-state index is 12.5. The summed E-state index contributed by atoms with van der Waals surface area (Å²) in [6.45, 7) is 4.04. The van der Waals surface area contributed by atoms with Crippen molar-refractivity contribution in [2.75, 3.05) is 12.4 Å². The topological polar surface area (TPSA) is 46.6 Å². The van der Waals surface area contributed by atoms with Crippen molar-refractivity contribution >= 4 is 35.2 Å². The van der Waals surface area contributed by atoms with Gasteiger partial charge in [0.05, 0.1) is 6.61 Å². The predicted octanol–water partition coefficient (Wildman–Crippen LogP) is 3.65. The minimum atomic E-state index is -0.520. The number of halogens is 1. The zero-order valence-electron chi connectivity index (χ0n) is 12.8. The largest absolute Gasteiger partial charge is 0.464 e. The molecule has 1 heterocycles. The third-order valence-electron chi connectivity index (χ3n) is 3.44. The maximum absolute atomic E-state index is 12.5. The summed E-state index contributed by atoms with van der Waals surface area (Å²) in [5.41, 5.74) is 0.939. The first kappa shape index (κ1) is 17.2. The van der Waals surface area contributed by atoms with Crippen molar-refractivity contribution in [2.45, 2.75) is 38.1 Å². The Morgan fingerprint density at radius 2 is 2.18 bits per heavy atom. The molecule has 1 amide bonds. The molecule has 120 valence electrons. The minimum Gasteiger partial charge on any atom is -0.464 e. The summed E-state index contributed by atoms with van der Waals surface area (Å²) in [4.78, 5) is 26.3. The Balaban J connectivity index is 2.29. The molecule has 0 N–H and O–H groups in total. The molecular weight excluding hydrogens is 322 g/mol. The Morgan fingerprint density at radius 3 is 2.82 bits per heavy atom. The lowest BCUT2D eigenvalue weighted by molar-refractivity contribution is -0.153. The van der Waals surface area contributed by atoms with Gasteiger partial charge in [0.25, 0.3) is 0 Å². The van der Waals surface area contributed by atoms with Crippen molar-refractivity contribution in [1.82, 2.24) is 4.90 Å². The van der Waals surface area contributed by atoms with E-state index in [1.54, 1.807) is 29.7 Å². The van der Waals surface area contributed by atoms with E-state index in [0.29, 0.717) is 23.8 Å². The van der Waals surface area contributed by atoms with E-state index >= 15 is 0 Å². The molecule has 2 atom stereocenters. The lowest BCUT2D eigenvalue weighted by atomic mass is 10.1. The molecule has 1 aromatic rings. The van der Waals surface area contributed by atoms with E-state index in [4.69, 9.17) is 16.3 Å². The molecule has 2 rings (SSSR count). The molecule has 0 bridgehead atoms. The maximum Gasteiger partial charge on any atom is 0.329 e. The normalized spacial score (nSPS) is 21.0. The Hall–Kier alpha value is -1.20. The number of carbonyl (C=O) groups excluding carboxylic acids is 2. The molecule has 1 aromatic carbocycles. The summed E-state index contributed by atoms with van der Waals surface area (Å²) in [5.74, 6) is 0.199. The summed E-state index contributed by atoms with van der Waals surface area (Å²) in [6, 6.07) is 6.92. The molecular formula is C16H20ClNO3S. The van der Waals surface area contributed by atoms with E-state index in [0.717, 1.165) is 12.0 Å². The first-order valence-electron chi connectivity index (χ1n) is 7.43. The van der Waals surface area contributed by atoms with Crippen LogP contribution in [0.3, 0.4) is 0 Å². The average Bonchev–Trinajstić information content (AvgIpc) is 2.92. The number of hydrogen-bond donors (Lipinski definition) is 0. The van der Waals surface area contributed by atoms with E-state index in [1.807, 2.05) is 25.1 Å². The van der Waals surface area contributed by atoms with E-state index < -0.39 is 6.04 Å². The average molecular weight is 342 g/mol. The van der Waals surface area contributed by atoms with Crippen LogP contribution in [0.2, 0.25) is 5.02 Å². The number of carbonyl (C=O) groups is 2. The van der Waals surface area contributed by atoms with Gasteiger partial charge in [0, 0.05) is 17.2 Å². The SMILES string of the molecule is CCCC(=O)N1C(C(=O)OCC)CSC1c1cccc(Cl)c1. The van der Waals surface area contributed by atoms with Gasteiger partial charge in [0.1, 0.15) is 11.4 Å². The number of esters is 1. The van der Waals surface area contributed by atoms with Gasteiger partial charge < -0.3 is 9.64 Å². The van der Waals surface area contributed by atoms with Crippen LogP contribution in [0.25, 0.3) is 0 Å². The molecule has 0 radical (unpaired) electrons. The molecule has 6 heteroatoms. The lowest BCUT2D eigenvalue weighted by Crippen LogP contribution is -2.43. The highest BCUT2D eigenvalue weighted by molar-refractivity contribution is 7.99. The van der Waals surface area contributed by atoms with Crippen molar-refractivity contribution in [3.63, 3.8) is 0 Å². The zero-order chi connectivity index (χ0) is 16.1. The molecule has 22 heavy (non-hydrogen) atoms. The third kappa shape index (κ3) is 3.76. The molecule has 1 aliphatic heterocycles. The van der Waals surface area contributed by atoms with Crippen LogP contribution >= 0.6 is 23.4 Å². The van der Waals surface area contributed by atoms with Crippen molar-refractivity contribution in [1.29, 1.82) is 0 Å². The van der Waals surface area contributed by atoms with E-state index in [2.05, 4.69) is 0 Å². The fraction of sp³-hybridized carbons (Fsp3) is 0.500. The Kier molecular flexibility index (Phi) is 6.15. The summed E-state index contributed by atoms with van der Waals surface area (Å²) >= 11 is 7.63. The predicted molar refractivity (Wildman–Crippen MR) is 88.8 cm³/mol. The number of rotatable bonds is 5. The summed E-state index contributed by atoms with van der Waals surface area (Å²) in [7, 11) is 0. The molecule has 1 fully saturated rings. The van der Waals surface area contributed by atoms with Gasteiger partial charge in [0.2, 0.25) is 5.91 Å². The van der Waals surface area contributed by atoms with Crippen LogP contribution in [0, 0.1) is 0 Å². The first-order chi connectivity index (χ1) is 10.6. The van der Waals surface area contributed by atoms with Crippen LogP contribution in [-0.4, -0.2) is 35.2 Å². The highest BCUT2D eigenvalue weighted by atomic mass is 35.5. The van der Waals surface area contributed by atoms with E-state index in [1.165, 1.54) is 0 Å². The number of ether oxygens (including phenoxy) is 1. The van der Waals surface area contributed by atoms with Gasteiger partial charge >= 0.3 is 5.97 Å². The van der Waals surface area contributed by atoms with Gasteiger partial charge in [-0.3, -0.25) is 4.79 Å². The highest BCUT2D eigenvalue weighted by Gasteiger charge is 2.42. The Morgan fingerprint density at radius 1 is 1.41 bits per heavy atom. The molecule has 2 unspecified atom stereocenters. The van der Waals surface area contributed by atoms with Crippen LogP contribution < -0.4 is 0 Å². The molecule has 1 aliphatic rings. The van der Waals surface area contributed by atoms with Crippen molar-refractivity contribution in [2.24, 2.45) is 0 Å². The van der Waals surface area contributed by atoms with Crippen molar-refractivity contribution in [3.05, 3.63) is 34.9 Å². The van der Waals surface area contributed by atoms with Gasteiger partial charge in [-0.1, -0.05) is 30.7 Å². The monoisotopic (exact) mass is 341 g/mol. The highest BCUT2D eigenvalue weighted by Crippen LogP contribution is 2.42. The number of hydrogen-bond acceptors (Lipinski definition) is 4. The molecule has 0 spiro atoms. The molecule has 0 aliphatic carbocycles. The third-order valence-corrected chi connectivity index (χ3v) is 5.00. The second kappa shape index (κ2) is 7.88. The first-order valence-corrected chi connectivity index (χ1v) is 8.86. The van der Waals surface area contributed by atoms with Gasteiger partial charge in [-0.05, 0) is 31.0 Å². The summed E-state index contributed by atoms with van der Waals surface area (Å²) in [6.07, 6.45) is 1.17. The van der Waals surface area contributed by atoms with Crippen LogP contribution in [0.5, 0.6) is 0 Å². The van der Waals surface area contributed by atoms with E-state index in [-0.39, 0.29) is 17.3 Å². The van der Waals surface area contributed by atoms with Crippen LogP contribution in [-0.2, 0) is 14.3 Å². The van der Waals surface area contributed by atoms with Gasteiger partial charge in [0.15, 0.2) is 0 Å². The minimum absolute atomic E-state index is 0.0180. The molecule has 4 nitrogen and oxygen atoms in total. The van der Waals surface area contributed by atoms with E-state index in [9.17, 15) is 9.59 Å². The zero-order valence-corrected chi connectivity index (χ0v) is 14.3. The lowest BCUT2D eigenvalue weighted by Gasteiger charge is -2.28. The Bertz CT molecular complexity index is 552. The summed E-state index contributed by atoms with van der Waals surface area (Å²) in [5, 5.41) is 0.438. The standard InChI is InChI=1S/C16H20ClNO3S/c1-3-6-14(19)18-13(16(20)21-4-2)10-22-15(18)11-7-5-8-12(17)9-11/h5,7-9,13,15H,3-4,6,10H2,1-2H3. The summed E-state index contributed by atoms with van der Waals surface area (Å²) < 4.78 is 5.12. The Labute approximate surface area is 140 Å². The fourth-order valence-electron chi connectivity index (χ4n) is 2.49. The number of amides is 1. The van der Waals surface area contributed by atoms with Crippen molar-refractivity contribution < 1.29 is 14.3 Å². The van der Waals surface area contributed by atoms with Crippen LogP contribution in [0.15, 0.2) is 24.3 Å².